The number of carbonyl (C=O) groups is 1. The van der Waals surface area contributed by atoms with Crippen LogP contribution in [0.15, 0.2) is 48.0 Å². The van der Waals surface area contributed by atoms with Gasteiger partial charge in [-0.15, -0.1) is 0 Å². The van der Waals surface area contributed by atoms with Gasteiger partial charge in [0.15, 0.2) is 0 Å². The number of anilines is 2. The van der Waals surface area contributed by atoms with Crippen molar-refractivity contribution in [2.45, 2.75) is 0 Å². The lowest BCUT2D eigenvalue weighted by Gasteiger charge is -2.30. The summed E-state index contributed by atoms with van der Waals surface area (Å²) in [6.45, 7) is 2.24. The minimum absolute atomic E-state index is 0.0470. The molecule has 0 aromatic heterocycles. The number of benzene rings is 2. The summed E-state index contributed by atoms with van der Waals surface area (Å²) in [5.41, 5.74) is 1.15. The maximum Gasteiger partial charge on any atom is 0.270 e. The first-order chi connectivity index (χ1) is 14.0. The van der Waals surface area contributed by atoms with Crippen molar-refractivity contribution >= 4 is 29.0 Å². The molecule has 1 amide bonds. The average Bonchev–Trinajstić information content (AvgIpc) is 2.74. The van der Waals surface area contributed by atoms with E-state index in [4.69, 9.17) is 4.74 Å². The van der Waals surface area contributed by atoms with Gasteiger partial charge in [0, 0.05) is 42.2 Å². The number of rotatable bonds is 5. The molecule has 1 aliphatic rings. The third kappa shape index (κ3) is 4.88. The van der Waals surface area contributed by atoms with E-state index in [0.717, 1.165) is 0 Å². The van der Waals surface area contributed by atoms with Crippen LogP contribution in [0, 0.1) is 21.4 Å². The Morgan fingerprint density at radius 3 is 2.55 bits per heavy atom. The van der Waals surface area contributed by atoms with E-state index < -0.39 is 10.8 Å². The number of nitro benzene ring substituents is 1. The number of hydrogen-bond acceptors (Lipinski definition) is 7. The molecule has 3 rings (SSSR count). The molecule has 0 unspecified atom stereocenters. The van der Waals surface area contributed by atoms with Crippen molar-refractivity contribution in [1.82, 2.24) is 0 Å². The minimum atomic E-state index is -0.655. The molecule has 0 bridgehead atoms. The highest BCUT2D eigenvalue weighted by molar-refractivity contribution is 6.10. The van der Waals surface area contributed by atoms with Gasteiger partial charge < -0.3 is 20.1 Å². The van der Waals surface area contributed by atoms with E-state index in [-0.39, 0.29) is 17.0 Å². The Morgan fingerprint density at radius 2 is 1.93 bits per heavy atom. The third-order valence-electron chi connectivity index (χ3n) is 4.36. The zero-order valence-electron chi connectivity index (χ0n) is 15.4. The average molecular weight is 394 g/mol. The van der Waals surface area contributed by atoms with Crippen molar-refractivity contribution in [3.63, 3.8) is 0 Å². The fourth-order valence-corrected chi connectivity index (χ4v) is 2.91. The van der Waals surface area contributed by atoms with Crippen molar-refractivity contribution in [1.29, 1.82) is 5.26 Å². The van der Waals surface area contributed by atoms with Crippen LogP contribution in [0.4, 0.5) is 17.1 Å². The molecule has 2 aromatic rings. The van der Waals surface area contributed by atoms with E-state index in [2.05, 4.69) is 5.32 Å². The Hall–Kier alpha value is -3.90. The molecule has 2 aromatic carbocycles. The molecule has 1 aliphatic heterocycles. The molecule has 0 spiro atoms. The van der Waals surface area contributed by atoms with Crippen LogP contribution >= 0.6 is 0 Å². The lowest BCUT2D eigenvalue weighted by Crippen LogP contribution is -2.36. The number of phenolic OH excluding ortho intramolecular Hbond substituents is 1. The molecule has 9 heteroatoms. The Labute approximate surface area is 166 Å². The Balaban J connectivity index is 1.94. The number of carbonyl (C=O) groups excluding carboxylic acids is 1. The smallest absolute Gasteiger partial charge is 0.270 e. The van der Waals surface area contributed by atoms with Gasteiger partial charge in [0.1, 0.15) is 17.4 Å². The molecule has 2 N–H and O–H groups in total. The van der Waals surface area contributed by atoms with Crippen LogP contribution in [0.1, 0.15) is 5.56 Å². The molecule has 0 radical (unpaired) electrons. The van der Waals surface area contributed by atoms with Gasteiger partial charge in [-0.1, -0.05) is 0 Å². The summed E-state index contributed by atoms with van der Waals surface area (Å²) in [7, 11) is 0. The van der Waals surface area contributed by atoms with Crippen molar-refractivity contribution in [2.75, 3.05) is 36.5 Å². The number of nitro groups is 1. The van der Waals surface area contributed by atoms with Gasteiger partial charge in [0.05, 0.1) is 18.1 Å². The van der Waals surface area contributed by atoms with E-state index in [9.17, 15) is 25.3 Å². The van der Waals surface area contributed by atoms with Crippen LogP contribution in [0.25, 0.3) is 6.08 Å². The molecule has 1 heterocycles. The summed E-state index contributed by atoms with van der Waals surface area (Å²) >= 11 is 0. The van der Waals surface area contributed by atoms with E-state index in [0.29, 0.717) is 43.2 Å². The molecule has 1 fully saturated rings. The van der Waals surface area contributed by atoms with Crippen LogP contribution in [-0.2, 0) is 9.53 Å². The monoisotopic (exact) mass is 394 g/mol. The first-order valence-electron chi connectivity index (χ1n) is 8.81. The minimum Gasteiger partial charge on any atom is -0.508 e. The van der Waals surface area contributed by atoms with Gasteiger partial charge in [-0.25, -0.2) is 0 Å². The Bertz CT molecular complexity index is 989. The second-order valence-electron chi connectivity index (χ2n) is 6.27. The molecule has 1 saturated heterocycles. The number of nitrogens with zero attached hydrogens (tertiary/aromatic N) is 3. The van der Waals surface area contributed by atoms with Crippen LogP contribution in [0.5, 0.6) is 5.75 Å². The van der Waals surface area contributed by atoms with E-state index in [1.165, 1.54) is 42.5 Å². The molecule has 0 atom stereocenters. The van der Waals surface area contributed by atoms with E-state index in [1.807, 2.05) is 11.0 Å². The molecular formula is C20H18N4O5. The zero-order valence-corrected chi connectivity index (χ0v) is 15.4. The van der Waals surface area contributed by atoms with Crippen molar-refractivity contribution in [3.8, 4) is 11.8 Å². The first kappa shape index (κ1) is 19.9. The van der Waals surface area contributed by atoms with Crippen LogP contribution in [-0.4, -0.2) is 42.2 Å². The predicted octanol–water partition coefficient (Wildman–Crippen LogP) is 2.68. The summed E-state index contributed by atoms with van der Waals surface area (Å²) in [5, 5.41) is 32.5. The molecule has 0 aliphatic carbocycles. The summed E-state index contributed by atoms with van der Waals surface area (Å²) in [5.74, 6) is -0.608. The summed E-state index contributed by atoms with van der Waals surface area (Å²) in [6, 6.07) is 12.0. The van der Waals surface area contributed by atoms with Crippen molar-refractivity contribution in [3.05, 3.63) is 63.7 Å². The molecule has 9 nitrogen and oxygen atoms in total. The van der Waals surface area contributed by atoms with E-state index in [1.54, 1.807) is 6.07 Å². The fraction of sp³-hybridized carbons (Fsp3) is 0.200. The quantitative estimate of drug-likeness (QED) is 0.262. The Kier molecular flexibility index (Phi) is 6.06. The number of hydrogen-bond donors (Lipinski definition) is 2. The lowest BCUT2D eigenvalue weighted by atomic mass is 10.1. The lowest BCUT2D eigenvalue weighted by molar-refractivity contribution is -0.384. The highest BCUT2D eigenvalue weighted by Gasteiger charge is 2.19. The summed E-state index contributed by atoms with van der Waals surface area (Å²) < 4.78 is 5.34. The van der Waals surface area contributed by atoms with Gasteiger partial charge in [0.2, 0.25) is 0 Å². The topological polar surface area (TPSA) is 129 Å². The zero-order chi connectivity index (χ0) is 20.8. The van der Waals surface area contributed by atoms with Gasteiger partial charge in [-0.05, 0) is 36.4 Å². The number of non-ortho nitro benzene ring substituents is 1. The normalized spacial score (nSPS) is 14.2. The molecular weight excluding hydrogens is 376 g/mol. The van der Waals surface area contributed by atoms with Gasteiger partial charge >= 0.3 is 0 Å². The maximum absolute atomic E-state index is 12.5. The summed E-state index contributed by atoms with van der Waals surface area (Å²) in [4.78, 5) is 25.2. The van der Waals surface area contributed by atoms with Crippen molar-refractivity contribution in [2.24, 2.45) is 0 Å². The highest BCUT2D eigenvalue weighted by Crippen LogP contribution is 2.28. The first-order valence-corrected chi connectivity index (χ1v) is 8.81. The fourth-order valence-electron chi connectivity index (χ4n) is 2.91. The number of phenols is 1. The Morgan fingerprint density at radius 1 is 1.24 bits per heavy atom. The molecule has 148 valence electrons. The second-order valence-corrected chi connectivity index (χ2v) is 6.27. The molecule has 29 heavy (non-hydrogen) atoms. The predicted molar refractivity (Wildman–Crippen MR) is 106 cm³/mol. The van der Waals surface area contributed by atoms with E-state index >= 15 is 0 Å². The number of ether oxygens (including phenoxy) is 1. The van der Waals surface area contributed by atoms with Gasteiger partial charge in [-0.3, -0.25) is 14.9 Å². The number of aromatic hydroxyl groups is 1. The van der Waals surface area contributed by atoms with Crippen LogP contribution in [0.3, 0.4) is 0 Å². The SMILES string of the molecule is N#C/C(=C\c1cc([N+](=O)[O-])ccc1N1CCOCC1)C(=O)Nc1ccc(O)cc1. The molecule has 0 saturated carbocycles. The number of amides is 1. The van der Waals surface area contributed by atoms with Crippen molar-refractivity contribution < 1.29 is 19.6 Å². The maximum atomic E-state index is 12.5. The number of morpholine rings is 1. The number of nitriles is 1. The highest BCUT2D eigenvalue weighted by atomic mass is 16.6. The van der Waals surface area contributed by atoms with Gasteiger partial charge in [-0.2, -0.15) is 5.26 Å². The largest absolute Gasteiger partial charge is 0.508 e. The standard InChI is InChI=1S/C20H18N4O5/c21-13-15(20(26)22-16-1-4-18(25)5-2-16)11-14-12-17(24(27)28)3-6-19(14)23-7-9-29-10-8-23/h1-6,11-12,25H,7-10H2,(H,22,26)/b15-11+. The summed E-state index contributed by atoms with van der Waals surface area (Å²) in [6.07, 6.45) is 1.34. The van der Waals surface area contributed by atoms with Gasteiger partial charge in [0.25, 0.3) is 11.6 Å². The van der Waals surface area contributed by atoms with Crippen LogP contribution in [0.2, 0.25) is 0 Å². The second kappa shape index (κ2) is 8.86. The number of nitrogens with one attached hydrogen (secondary N) is 1. The van der Waals surface area contributed by atoms with Crippen LogP contribution < -0.4 is 10.2 Å². The third-order valence-corrected chi connectivity index (χ3v) is 4.36.